The van der Waals surface area contributed by atoms with Gasteiger partial charge in [-0.25, -0.2) is 4.98 Å². The number of furan rings is 1. The first kappa shape index (κ1) is 31.6. The molecule has 0 fully saturated rings. The van der Waals surface area contributed by atoms with Crippen molar-refractivity contribution in [1.82, 2.24) is 4.98 Å². The molecule has 268 valence electrons. The predicted octanol–water partition coefficient (Wildman–Crippen LogP) is 14.6. The highest BCUT2D eigenvalue weighted by Crippen LogP contribution is 2.63. The van der Waals surface area contributed by atoms with Crippen molar-refractivity contribution in [3.8, 4) is 55.8 Å². The fourth-order valence-electron chi connectivity index (χ4n) is 10.5. The topological polar surface area (TPSA) is 26.0 Å². The van der Waals surface area contributed by atoms with Gasteiger partial charge in [-0.2, -0.15) is 0 Å². The third-order valence-corrected chi connectivity index (χ3v) is 12.9. The molecule has 0 aliphatic heterocycles. The normalized spacial score (nSPS) is 13.3. The molecule has 0 radical (unpaired) electrons. The van der Waals surface area contributed by atoms with Crippen LogP contribution in [0.5, 0.6) is 0 Å². The molecule has 0 saturated heterocycles. The van der Waals surface area contributed by atoms with Gasteiger partial charge in [0, 0.05) is 32.5 Å². The van der Waals surface area contributed by atoms with Crippen LogP contribution in [-0.2, 0) is 5.41 Å². The summed E-state index contributed by atoms with van der Waals surface area (Å²) >= 11 is 0. The van der Waals surface area contributed by atoms with Crippen LogP contribution in [-0.4, -0.2) is 4.98 Å². The Bertz CT molecular complexity index is 3450. The van der Waals surface area contributed by atoms with Crippen molar-refractivity contribution in [1.29, 1.82) is 0 Å². The molecule has 2 aliphatic carbocycles. The molecule has 2 heteroatoms. The number of rotatable bonds is 3. The van der Waals surface area contributed by atoms with Crippen LogP contribution in [0.15, 0.2) is 205 Å². The molecular formula is C56H33NO. The maximum absolute atomic E-state index is 6.47. The summed E-state index contributed by atoms with van der Waals surface area (Å²) in [5.41, 5.74) is 19.8. The molecule has 13 rings (SSSR count). The minimum atomic E-state index is -0.396. The van der Waals surface area contributed by atoms with Gasteiger partial charge in [0.1, 0.15) is 11.2 Å². The molecule has 0 atom stereocenters. The van der Waals surface area contributed by atoms with E-state index in [-0.39, 0.29) is 0 Å². The SMILES string of the molecule is c1ccc(-c2nc3ccc(-c4ccccc4-c4ccc5c(c4)C4(c6ccccc6-c6ccccc64)c4ccccc4-5)cc3c3c2ccc2oc4ccccc4c23)cc1. The lowest BCUT2D eigenvalue weighted by Gasteiger charge is -2.30. The van der Waals surface area contributed by atoms with Crippen LogP contribution >= 0.6 is 0 Å². The van der Waals surface area contributed by atoms with E-state index in [9.17, 15) is 0 Å². The van der Waals surface area contributed by atoms with Gasteiger partial charge >= 0.3 is 0 Å². The van der Waals surface area contributed by atoms with Gasteiger partial charge in [-0.15, -0.1) is 0 Å². The summed E-state index contributed by atoms with van der Waals surface area (Å²) in [6, 6.07) is 73.1. The molecule has 0 saturated carbocycles. The zero-order valence-electron chi connectivity index (χ0n) is 31.4. The predicted molar refractivity (Wildman–Crippen MR) is 239 cm³/mol. The maximum Gasteiger partial charge on any atom is 0.136 e. The first-order valence-electron chi connectivity index (χ1n) is 20.0. The summed E-state index contributed by atoms with van der Waals surface area (Å²) in [4.78, 5) is 5.37. The van der Waals surface area contributed by atoms with E-state index in [0.717, 1.165) is 55.0 Å². The van der Waals surface area contributed by atoms with Crippen molar-refractivity contribution >= 4 is 43.6 Å². The van der Waals surface area contributed by atoms with Crippen LogP contribution in [0.2, 0.25) is 0 Å². The van der Waals surface area contributed by atoms with E-state index in [1.165, 1.54) is 66.6 Å². The monoisotopic (exact) mass is 735 g/mol. The molecule has 1 spiro atoms. The summed E-state index contributed by atoms with van der Waals surface area (Å²) in [7, 11) is 0. The number of hydrogen-bond acceptors (Lipinski definition) is 2. The second-order valence-corrected chi connectivity index (χ2v) is 15.7. The van der Waals surface area contributed by atoms with Crippen LogP contribution in [0, 0.1) is 0 Å². The lowest BCUT2D eigenvalue weighted by Crippen LogP contribution is -2.25. The Labute approximate surface area is 335 Å². The summed E-state index contributed by atoms with van der Waals surface area (Å²) in [5.74, 6) is 0. The Morgan fingerprint density at radius 3 is 1.57 bits per heavy atom. The van der Waals surface area contributed by atoms with Gasteiger partial charge in [-0.3, -0.25) is 0 Å². The largest absolute Gasteiger partial charge is 0.456 e. The average Bonchev–Trinajstić information content (AvgIpc) is 3.93. The molecule has 58 heavy (non-hydrogen) atoms. The van der Waals surface area contributed by atoms with Crippen LogP contribution in [0.25, 0.3) is 99.4 Å². The third kappa shape index (κ3) is 4.13. The molecule has 2 nitrogen and oxygen atoms in total. The number of fused-ring (bicyclic) bond motifs is 17. The second kappa shape index (κ2) is 11.7. The first-order valence-corrected chi connectivity index (χ1v) is 20.0. The lowest BCUT2D eigenvalue weighted by molar-refractivity contribution is 0.669. The second-order valence-electron chi connectivity index (χ2n) is 15.7. The summed E-state index contributed by atoms with van der Waals surface area (Å²) < 4.78 is 6.47. The molecule has 0 bridgehead atoms. The molecule has 11 aromatic rings. The number of nitrogens with zero attached hydrogens (tertiary/aromatic N) is 1. The fraction of sp³-hybridized carbons (Fsp3) is 0.0179. The smallest absolute Gasteiger partial charge is 0.136 e. The Balaban J connectivity index is 1.06. The van der Waals surface area contributed by atoms with Crippen LogP contribution in [0.3, 0.4) is 0 Å². The van der Waals surface area contributed by atoms with Crippen molar-refractivity contribution in [3.05, 3.63) is 222 Å². The van der Waals surface area contributed by atoms with E-state index >= 15 is 0 Å². The van der Waals surface area contributed by atoms with Crippen LogP contribution < -0.4 is 0 Å². The summed E-state index contributed by atoms with van der Waals surface area (Å²) in [6.07, 6.45) is 0. The van der Waals surface area contributed by atoms with Crippen LogP contribution in [0.4, 0.5) is 0 Å². The van der Waals surface area contributed by atoms with Gasteiger partial charge < -0.3 is 4.42 Å². The van der Waals surface area contributed by atoms with E-state index in [0.29, 0.717) is 0 Å². The van der Waals surface area contributed by atoms with Crippen molar-refractivity contribution in [2.75, 3.05) is 0 Å². The highest BCUT2D eigenvalue weighted by molar-refractivity contribution is 6.28. The number of para-hydroxylation sites is 1. The van der Waals surface area contributed by atoms with Gasteiger partial charge in [-0.05, 0) is 103 Å². The quantitative estimate of drug-likeness (QED) is 0.169. The van der Waals surface area contributed by atoms with Gasteiger partial charge in [0.2, 0.25) is 0 Å². The van der Waals surface area contributed by atoms with Crippen LogP contribution in [0.1, 0.15) is 22.3 Å². The van der Waals surface area contributed by atoms with Crippen molar-refractivity contribution in [2.45, 2.75) is 5.41 Å². The molecule has 0 N–H and O–H groups in total. The van der Waals surface area contributed by atoms with E-state index < -0.39 is 5.41 Å². The van der Waals surface area contributed by atoms with Crippen molar-refractivity contribution in [3.63, 3.8) is 0 Å². The standard InChI is InChI=1S/C56H33NO/c1-2-14-34(15-3-1)55-44-29-31-52-54(43-21-9-13-25-51(43)58-52)53(44)45-32-35(27-30-50(45)57-55)37-16-4-5-17-38(37)36-26-28-42-41-20-8-12-24-48(41)56(49(42)33-36)46-22-10-6-18-39(46)40-19-7-11-23-47(40)56/h1-33H. The molecule has 2 aromatic heterocycles. The lowest BCUT2D eigenvalue weighted by atomic mass is 9.70. The van der Waals surface area contributed by atoms with E-state index in [1.54, 1.807) is 0 Å². The zero-order chi connectivity index (χ0) is 38.0. The van der Waals surface area contributed by atoms with Gasteiger partial charge in [-0.1, -0.05) is 164 Å². The fourth-order valence-corrected chi connectivity index (χ4v) is 10.5. The van der Waals surface area contributed by atoms with Crippen molar-refractivity contribution in [2.24, 2.45) is 0 Å². The van der Waals surface area contributed by atoms with Gasteiger partial charge in [0.25, 0.3) is 0 Å². The van der Waals surface area contributed by atoms with E-state index in [4.69, 9.17) is 9.40 Å². The number of benzene rings is 9. The molecular weight excluding hydrogens is 703 g/mol. The minimum absolute atomic E-state index is 0.396. The van der Waals surface area contributed by atoms with E-state index in [1.807, 2.05) is 6.07 Å². The maximum atomic E-state index is 6.47. The number of pyridine rings is 1. The Morgan fingerprint density at radius 1 is 0.328 bits per heavy atom. The molecule has 0 unspecified atom stereocenters. The first-order chi connectivity index (χ1) is 28.8. The minimum Gasteiger partial charge on any atom is -0.456 e. The third-order valence-electron chi connectivity index (χ3n) is 12.9. The molecule has 2 heterocycles. The number of hydrogen-bond donors (Lipinski definition) is 0. The Morgan fingerprint density at radius 2 is 0.879 bits per heavy atom. The number of aromatic nitrogens is 1. The van der Waals surface area contributed by atoms with Crippen molar-refractivity contribution < 1.29 is 4.42 Å². The highest BCUT2D eigenvalue weighted by Gasteiger charge is 2.51. The molecule has 0 amide bonds. The summed E-state index contributed by atoms with van der Waals surface area (Å²) in [5, 5.41) is 5.64. The Hall–Kier alpha value is -7.55. The highest BCUT2D eigenvalue weighted by atomic mass is 16.3. The van der Waals surface area contributed by atoms with E-state index in [2.05, 4.69) is 194 Å². The Kier molecular flexibility index (Phi) is 6.40. The average molecular weight is 736 g/mol. The summed E-state index contributed by atoms with van der Waals surface area (Å²) in [6.45, 7) is 0. The molecule has 9 aromatic carbocycles. The zero-order valence-corrected chi connectivity index (χ0v) is 31.4. The van der Waals surface area contributed by atoms with Gasteiger partial charge in [0.05, 0.1) is 16.6 Å². The van der Waals surface area contributed by atoms with Gasteiger partial charge in [0.15, 0.2) is 0 Å². The molecule has 2 aliphatic rings.